The fourth-order valence-corrected chi connectivity index (χ4v) is 9.88. The summed E-state index contributed by atoms with van der Waals surface area (Å²) < 4.78 is 7.09. The molecule has 8 aromatic carbocycles. The van der Waals surface area contributed by atoms with E-state index in [-0.39, 0.29) is 5.54 Å². The molecule has 0 N–H and O–H groups in total. The highest BCUT2D eigenvalue weighted by molar-refractivity contribution is 6.09. The van der Waals surface area contributed by atoms with Crippen molar-refractivity contribution in [1.29, 1.82) is 0 Å². The zero-order valence-electron chi connectivity index (χ0n) is 35.7. The van der Waals surface area contributed by atoms with Crippen LogP contribution < -0.4 is 4.57 Å². The van der Waals surface area contributed by atoms with Crippen LogP contribution >= 0.6 is 0 Å². The summed E-state index contributed by atoms with van der Waals surface area (Å²) in [5.41, 5.74) is 14.3. The fourth-order valence-electron chi connectivity index (χ4n) is 9.88. The van der Waals surface area contributed by atoms with Gasteiger partial charge in [0.25, 0.3) is 0 Å². The first-order valence-electron chi connectivity index (χ1n) is 21.8. The predicted molar refractivity (Wildman–Crippen MR) is 260 cm³/mol. The minimum atomic E-state index is -0.694. The SMILES string of the molecule is CC(C)(C)[n+]1cn(-c2cccc(C(c3ccccc3)(c3ccccc3)c3ccc4c5ccccc5n(-c5cc(-c6ccccc6-c6ccccc6)ccn5)c4c3)c2)c2ccccc21. The van der Waals surface area contributed by atoms with E-state index in [0.29, 0.717) is 0 Å². The van der Waals surface area contributed by atoms with E-state index in [1.54, 1.807) is 0 Å². The molecule has 3 heterocycles. The Morgan fingerprint density at radius 2 is 1.00 bits per heavy atom. The van der Waals surface area contributed by atoms with E-state index >= 15 is 0 Å². The van der Waals surface area contributed by atoms with E-state index < -0.39 is 5.41 Å². The number of imidazole rings is 1. The van der Waals surface area contributed by atoms with Crippen molar-refractivity contribution in [2.24, 2.45) is 0 Å². The molecular formula is C59H47N4+. The lowest BCUT2D eigenvalue weighted by molar-refractivity contribution is -0.731. The average molecular weight is 812 g/mol. The van der Waals surface area contributed by atoms with Crippen molar-refractivity contribution < 1.29 is 4.57 Å². The van der Waals surface area contributed by atoms with Gasteiger partial charge < -0.3 is 0 Å². The van der Waals surface area contributed by atoms with Gasteiger partial charge in [-0.15, -0.1) is 0 Å². The molecule has 0 fully saturated rings. The third-order valence-electron chi connectivity index (χ3n) is 12.7. The highest BCUT2D eigenvalue weighted by atomic mass is 15.2. The van der Waals surface area contributed by atoms with Gasteiger partial charge in [0.15, 0.2) is 11.0 Å². The molecule has 0 spiro atoms. The Labute approximate surface area is 368 Å². The monoisotopic (exact) mass is 811 g/mol. The summed E-state index contributed by atoms with van der Waals surface area (Å²) in [5, 5.41) is 2.37. The summed E-state index contributed by atoms with van der Waals surface area (Å²) in [4.78, 5) is 5.12. The molecule has 11 rings (SSSR count). The topological polar surface area (TPSA) is 26.6 Å². The van der Waals surface area contributed by atoms with Crippen LogP contribution in [-0.4, -0.2) is 14.1 Å². The molecule has 0 radical (unpaired) electrons. The van der Waals surface area contributed by atoms with Gasteiger partial charge in [0.1, 0.15) is 17.0 Å². The number of fused-ring (bicyclic) bond motifs is 4. The van der Waals surface area contributed by atoms with Gasteiger partial charge in [0.05, 0.1) is 16.4 Å². The molecule has 302 valence electrons. The normalized spacial score (nSPS) is 12.0. The number of pyridine rings is 1. The number of hydrogen-bond acceptors (Lipinski definition) is 1. The second kappa shape index (κ2) is 15.3. The summed E-state index contributed by atoms with van der Waals surface area (Å²) >= 11 is 0. The molecule has 3 aromatic heterocycles. The molecule has 4 heteroatoms. The first-order chi connectivity index (χ1) is 30.9. The lowest BCUT2D eigenvalue weighted by atomic mass is 9.65. The van der Waals surface area contributed by atoms with Gasteiger partial charge >= 0.3 is 0 Å². The van der Waals surface area contributed by atoms with Crippen LogP contribution in [0.25, 0.3) is 66.6 Å². The third kappa shape index (κ3) is 6.37. The van der Waals surface area contributed by atoms with Crippen LogP contribution in [0, 0.1) is 0 Å². The van der Waals surface area contributed by atoms with Crippen LogP contribution in [0.2, 0.25) is 0 Å². The minimum Gasteiger partial charge on any atom is -0.294 e. The summed E-state index contributed by atoms with van der Waals surface area (Å²) in [5.74, 6) is 0.873. The smallest absolute Gasteiger partial charge is 0.250 e. The van der Waals surface area contributed by atoms with Gasteiger partial charge in [-0.2, -0.15) is 4.57 Å². The van der Waals surface area contributed by atoms with E-state index in [4.69, 9.17) is 4.98 Å². The van der Waals surface area contributed by atoms with Crippen LogP contribution in [0.4, 0.5) is 0 Å². The highest BCUT2D eigenvalue weighted by Crippen LogP contribution is 2.47. The van der Waals surface area contributed by atoms with Gasteiger partial charge in [-0.1, -0.05) is 170 Å². The molecule has 0 aliphatic carbocycles. The maximum absolute atomic E-state index is 5.12. The first-order valence-corrected chi connectivity index (χ1v) is 21.8. The first kappa shape index (κ1) is 38.1. The molecule has 0 aliphatic rings. The number of benzene rings is 8. The average Bonchev–Trinajstić information content (AvgIpc) is 3.90. The minimum absolute atomic E-state index is 0.103. The van der Waals surface area contributed by atoms with Crippen molar-refractivity contribution in [2.45, 2.75) is 31.7 Å². The molecule has 0 saturated carbocycles. The second-order valence-corrected chi connectivity index (χ2v) is 17.4. The van der Waals surface area contributed by atoms with E-state index in [0.717, 1.165) is 28.1 Å². The summed E-state index contributed by atoms with van der Waals surface area (Å²) in [6.45, 7) is 6.79. The largest absolute Gasteiger partial charge is 0.294 e. The van der Waals surface area contributed by atoms with Gasteiger partial charge in [0, 0.05) is 17.0 Å². The van der Waals surface area contributed by atoms with Crippen molar-refractivity contribution in [1.82, 2.24) is 14.1 Å². The van der Waals surface area contributed by atoms with Crippen molar-refractivity contribution >= 4 is 32.8 Å². The van der Waals surface area contributed by atoms with Gasteiger partial charge in [-0.05, 0) is 114 Å². The quantitative estimate of drug-likeness (QED) is 0.111. The molecule has 0 amide bonds. The van der Waals surface area contributed by atoms with Crippen molar-refractivity contribution in [3.05, 3.63) is 253 Å². The van der Waals surface area contributed by atoms with Gasteiger partial charge in [-0.3, -0.25) is 4.57 Å². The summed E-state index contributed by atoms with van der Waals surface area (Å²) in [7, 11) is 0. The van der Waals surface area contributed by atoms with E-state index in [1.165, 1.54) is 60.8 Å². The van der Waals surface area contributed by atoms with E-state index in [1.807, 2.05) is 6.20 Å². The summed E-state index contributed by atoms with van der Waals surface area (Å²) in [6.07, 6.45) is 4.22. The fraction of sp³-hybridized carbons (Fsp3) is 0.0847. The standard InChI is InChI=1S/C59H47N4/c1-58(2,3)62-41-61(54-32-17-18-33-55(54)62)48-27-19-26-46(39-48)59(44-22-9-5-10-23-44,45-24-11-6-12-25-45)47-34-35-52-51-30-15-16-31-53(51)63(56(52)40-47)57-38-43(36-37-60-57)50-29-14-13-28-49(50)42-20-7-4-8-21-42/h4-41H,1-3H3/q+1. The molecule has 11 aromatic rings. The van der Waals surface area contributed by atoms with Gasteiger partial charge in [-0.25, -0.2) is 9.55 Å². The predicted octanol–water partition coefficient (Wildman–Crippen LogP) is 13.9. The highest BCUT2D eigenvalue weighted by Gasteiger charge is 2.39. The van der Waals surface area contributed by atoms with Crippen LogP contribution in [0.15, 0.2) is 231 Å². The van der Waals surface area contributed by atoms with Crippen molar-refractivity contribution in [3.8, 4) is 33.8 Å². The molecule has 0 bridgehead atoms. The van der Waals surface area contributed by atoms with E-state index in [9.17, 15) is 0 Å². The van der Waals surface area contributed by atoms with Crippen LogP contribution in [0.3, 0.4) is 0 Å². The third-order valence-corrected chi connectivity index (χ3v) is 12.7. The summed E-state index contributed by atoms with van der Waals surface area (Å²) in [6, 6.07) is 79.4. The lowest BCUT2D eigenvalue weighted by Crippen LogP contribution is -2.49. The Morgan fingerprint density at radius 3 is 1.71 bits per heavy atom. The Kier molecular flexibility index (Phi) is 9.24. The molecule has 4 nitrogen and oxygen atoms in total. The Balaban J connectivity index is 1.17. The zero-order valence-corrected chi connectivity index (χ0v) is 35.7. The maximum atomic E-state index is 5.12. The number of para-hydroxylation sites is 3. The van der Waals surface area contributed by atoms with Crippen molar-refractivity contribution in [3.63, 3.8) is 0 Å². The maximum Gasteiger partial charge on any atom is 0.250 e. The number of rotatable bonds is 8. The lowest BCUT2D eigenvalue weighted by Gasteiger charge is -2.37. The number of hydrogen-bond donors (Lipinski definition) is 0. The second-order valence-electron chi connectivity index (χ2n) is 17.4. The molecule has 0 unspecified atom stereocenters. The Hall–Kier alpha value is -7.82. The van der Waals surface area contributed by atoms with Crippen molar-refractivity contribution in [2.75, 3.05) is 0 Å². The zero-order chi connectivity index (χ0) is 42.5. The number of nitrogens with zero attached hydrogens (tertiary/aromatic N) is 4. The molecule has 0 aliphatic heterocycles. The number of aromatic nitrogens is 4. The van der Waals surface area contributed by atoms with Crippen LogP contribution in [0.1, 0.15) is 43.0 Å². The van der Waals surface area contributed by atoms with Crippen LogP contribution in [0.5, 0.6) is 0 Å². The molecule has 0 atom stereocenters. The van der Waals surface area contributed by atoms with Gasteiger partial charge in [0.2, 0.25) is 6.33 Å². The van der Waals surface area contributed by atoms with E-state index in [2.05, 4.69) is 259 Å². The molecule has 0 saturated heterocycles. The van der Waals surface area contributed by atoms with Crippen LogP contribution in [-0.2, 0) is 11.0 Å². The Bertz CT molecular complexity index is 3390. The molecule has 63 heavy (non-hydrogen) atoms. The molecular weight excluding hydrogens is 765 g/mol. The Morgan fingerprint density at radius 1 is 0.429 bits per heavy atom.